The Kier molecular flexibility index (Phi) is 5.88. The monoisotopic (exact) mass is 190 g/mol. The molecule has 0 bridgehead atoms. The molecule has 0 saturated carbocycles. The lowest BCUT2D eigenvalue weighted by atomic mass is 10.2. The van der Waals surface area contributed by atoms with E-state index >= 15 is 0 Å². The van der Waals surface area contributed by atoms with Crippen molar-refractivity contribution in [3.05, 3.63) is 0 Å². The van der Waals surface area contributed by atoms with Crippen LogP contribution < -0.4 is 0 Å². The number of hydrogen-bond donors (Lipinski definition) is 0. The Labute approximate surface area is 77.0 Å². The predicted molar refractivity (Wildman–Crippen MR) is 44.1 cm³/mol. The Morgan fingerprint density at radius 1 is 1.31 bits per heavy atom. The lowest BCUT2D eigenvalue weighted by Crippen LogP contribution is -2.28. The number of hydrogen-bond acceptors (Lipinski definition) is 5. The fourth-order valence-corrected chi connectivity index (χ4v) is 0.766. The summed E-state index contributed by atoms with van der Waals surface area (Å²) in [7, 11) is 2.57. The van der Waals surface area contributed by atoms with Gasteiger partial charge in [-0.2, -0.15) is 0 Å². The van der Waals surface area contributed by atoms with Crippen LogP contribution in [0, 0.1) is 0 Å². The van der Waals surface area contributed by atoms with Crippen molar-refractivity contribution in [2.75, 3.05) is 20.8 Å². The molecular weight excluding hydrogens is 176 g/mol. The maximum Gasteiger partial charge on any atom is 0.335 e. The van der Waals surface area contributed by atoms with E-state index in [0.29, 0.717) is 0 Å². The summed E-state index contributed by atoms with van der Waals surface area (Å²) in [4.78, 5) is 21.9. The van der Waals surface area contributed by atoms with Gasteiger partial charge in [0.1, 0.15) is 0 Å². The third-order valence-corrected chi connectivity index (χ3v) is 1.41. The van der Waals surface area contributed by atoms with Gasteiger partial charge in [0.05, 0.1) is 20.1 Å². The van der Waals surface area contributed by atoms with Crippen LogP contribution in [-0.4, -0.2) is 38.9 Å². The molecule has 0 amide bonds. The number of methoxy groups -OCH3 is 2. The van der Waals surface area contributed by atoms with E-state index in [1.165, 1.54) is 14.2 Å². The first kappa shape index (κ1) is 11.9. The van der Waals surface area contributed by atoms with Crippen molar-refractivity contribution >= 4 is 11.9 Å². The number of carbonyl (C=O) groups excluding carboxylic acids is 2. The van der Waals surface area contributed by atoms with Crippen LogP contribution in [0.1, 0.15) is 13.3 Å². The number of carbonyl (C=O) groups is 2. The van der Waals surface area contributed by atoms with Gasteiger partial charge in [0.15, 0.2) is 6.10 Å². The molecule has 0 spiro atoms. The second-order valence-corrected chi connectivity index (χ2v) is 2.26. The quantitative estimate of drug-likeness (QED) is 0.576. The number of esters is 2. The second kappa shape index (κ2) is 6.42. The molecule has 0 fully saturated rings. The standard InChI is InChI=1S/C8H14O5/c1-4-13-7(9)5-6(11-2)8(10)12-3/h6H,4-5H2,1-3H3. The third-order valence-electron chi connectivity index (χ3n) is 1.41. The van der Waals surface area contributed by atoms with Crippen LogP contribution in [0.5, 0.6) is 0 Å². The van der Waals surface area contributed by atoms with Gasteiger partial charge in [0.2, 0.25) is 0 Å². The summed E-state index contributed by atoms with van der Waals surface area (Å²) in [6.45, 7) is 1.98. The minimum absolute atomic E-state index is 0.114. The summed E-state index contributed by atoms with van der Waals surface area (Å²) in [5.41, 5.74) is 0. The molecule has 1 unspecified atom stereocenters. The highest BCUT2D eigenvalue weighted by Gasteiger charge is 2.22. The van der Waals surface area contributed by atoms with Gasteiger partial charge in [-0.15, -0.1) is 0 Å². The maximum absolute atomic E-state index is 10.9. The Hall–Kier alpha value is -1.10. The van der Waals surface area contributed by atoms with Crippen molar-refractivity contribution in [1.29, 1.82) is 0 Å². The zero-order valence-electron chi connectivity index (χ0n) is 8.03. The fraction of sp³-hybridized carbons (Fsp3) is 0.750. The first-order valence-corrected chi connectivity index (χ1v) is 3.91. The average molecular weight is 190 g/mol. The van der Waals surface area contributed by atoms with E-state index < -0.39 is 18.0 Å². The van der Waals surface area contributed by atoms with Crippen LogP contribution in [0.4, 0.5) is 0 Å². The lowest BCUT2D eigenvalue weighted by molar-refractivity contribution is -0.159. The molecule has 0 aliphatic carbocycles. The molecule has 0 N–H and O–H groups in total. The Bertz CT molecular complexity index is 177. The third kappa shape index (κ3) is 4.47. The normalized spacial score (nSPS) is 11.9. The van der Waals surface area contributed by atoms with E-state index in [4.69, 9.17) is 4.74 Å². The van der Waals surface area contributed by atoms with Crippen LogP contribution in [-0.2, 0) is 23.8 Å². The molecule has 13 heavy (non-hydrogen) atoms. The second-order valence-electron chi connectivity index (χ2n) is 2.26. The summed E-state index contributed by atoms with van der Waals surface area (Å²) in [5, 5.41) is 0. The molecule has 0 aromatic carbocycles. The van der Waals surface area contributed by atoms with Crippen molar-refractivity contribution in [2.24, 2.45) is 0 Å². The van der Waals surface area contributed by atoms with Crippen LogP contribution >= 0.6 is 0 Å². The fourth-order valence-electron chi connectivity index (χ4n) is 0.766. The van der Waals surface area contributed by atoms with E-state index in [9.17, 15) is 9.59 Å². The highest BCUT2D eigenvalue weighted by Crippen LogP contribution is 2.01. The number of ether oxygens (including phenoxy) is 3. The highest BCUT2D eigenvalue weighted by atomic mass is 16.6. The molecule has 0 radical (unpaired) electrons. The Morgan fingerprint density at radius 3 is 2.31 bits per heavy atom. The van der Waals surface area contributed by atoms with Gasteiger partial charge in [-0.05, 0) is 6.92 Å². The summed E-state index contributed by atoms with van der Waals surface area (Å²) in [6.07, 6.45) is -0.985. The van der Waals surface area contributed by atoms with Crippen LogP contribution in [0.25, 0.3) is 0 Å². The summed E-state index contributed by atoms with van der Waals surface area (Å²) < 4.78 is 13.8. The van der Waals surface area contributed by atoms with Gasteiger partial charge in [-0.3, -0.25) is 4.79 Å². The largest absolute Gasteiger partial charge is 0.467 e. The molecule has 0 aliphatic rings. The van der Waals surface area contributed by atoms with Gasteiger partial charge < -0.3 is 14.2 Å². The summed E-state index contributed by atoms with van der Waals surface area (Å²) in [5.74, 6) is -1.05. The topological polar surface area (TPSA) is 61.8 Å². The Balaban J connectivity index is 3.97. The van der Waals surface area contributed by atoms with Gasteiger partial charge in [-0.1, -0.05) is 0 Å². The van der Waals surface area contributed by atoms with E-state index in [0.717, 1.165) is 0 Å². The number of rotatable bonds is 5. The average Bonchev–Trinajstić information content (AvgIpc) is 2.13. The summed E-state index contributed by atoms with van der Waals surface area (Å²) >= 11 is 0. The molecule has 0 aromatic rings. The molecule has 5 heteroatoms. The van der Waals surface area contributed by atoms with Crippen molar-refractivity contribution in [3.63, 3.8) is 0 Å². The minimum Gasteiger partial charge on any atom is -0.467 e. The molecular formula is C8H14O5. The SMILES string of the molecule is CCOC(=O)CC(OC)C(=O)OC. The highest BCUT2D eigenvalue weighted by molar-refractivity contribution is 5.81. The van der Waals surface area contributed by atoms with Crippen molar-refractivity contribution in [3.8, 4) is 0 Å². The van der Waals surface area contributed by atoms with Crippen molar-refractivity contribution < 1.29 is 23.8 Å². The summed E-state index contributed by atoms with van der Waals surface area (Å²) in [6, 6.07) is 0. The smallest absolute Gasteiger partial charge is 0.335 e. The van der Waals surface area contributed by atoms with Gasteiger partial charge >= 0.3 is 11.9 Å². The van der Waals surface area contributed by atoms with Crippen LogP contribution in [0.2, 0.25) is 0 Å². The Morgan fingerprint density at radius 2 is 1.92 bits per heavy atom. The van der Waals surface area contributed by atoms with E-state index in [1.54, 1.807) is 6.92 Å². The van der Waals surface area contributed by atoms with Gasteiger partial charge in [0, 0.05) is 7.11 Å². The zero-order valence-corrected chi connectivity index (χ0v) is 8.03. The van der Waals surface area contributed by atoms with Crippen LogP contribution in [0.3, 0.4) is 0 Å². The van der Waals surface area contributed by atoms with Gasteiger partial charge in [0.25, 0.3) is 0 Å². The molecule has 76 valence electrons. The molecule has 0 saturated heterocycles. The first-order valence-electron chi connectivity index (χ1n) is 3.91. The molecule has 0 heterocycles. The van der Waals surface area contributed by atoms with Crippen molar-refractivity contribution in [2.45, 2.75) is 19.4 Å². The molecule has 0 rings (SSSR count). The van der Waals surface area contributed by atoms with E-state index in [-0.39, 0.29) is 13.0 Å². The van der Waals surface area contributed by atoms with E-state index in [2.05, 4.69) is 9.47 Å². The van der Waals surface area contributed by atoms with E-state index in [1.807, 2.05) is 0 Å². The lowest BCUT2D eigenvalue weighted by Gasteiger charge is -2.11. The molecule has 5 nitrogen and oxygen atoms in total. The molecule has 0 aromatic heterocycles. The molecule has 0 aliphatic heterocycles. The maximum atomic E-state index is 10.9. The van der Waals surface area contributed by atoms with Gasteiger partial charge in [-0.25, -0.2) is 4.79 Å². The minimum atomic E-state index is -0.871. The van der Waals surface area contributed by atoms with Crippen molar-refractivity contribution in [1.82, 2.24) is 0 Å². The molecule has 1 atom stereocenters. The first-order chi connectivity index (χ1) is 6.15. The van der Waals surface area contributed by atoms with Crippen LogP contribution in [0.15, 0.2) is 0 Å². The predicted octanol–water partition coefficient (Wildman–Crippen LogP) is 0.128. The zero-order chi connectivity index (χ0) is 10.3.